The average molecular weight is 484 g/mol. The molecule has 0 atom stereocenters. The summed E-state index contributed by atoms with van der Waals surface area (Å²) in [5.74, 6) is -0.581. The van der Waals surface area contributed by atoms with Crippen LogP contribution in [0.5, 0.6) is 0 Å². The lowest BCUT2D eigenvalue weighted by Crippen LogP contribution is -2.32. The average Bonchev–Trinajstić information content (AvgIpc) is 2.85. The molecule has 0 aliphatic heterocycles. The van der Waals surface area contributed by atoms with Gasteiger partial charge in [0.25, 0.3) is 0 Å². The molecule has 0 spiro atoms. The number of nitrogens with two attached hydrogens (primary N) is 1. The summed E-state index contributed by atoms with van der Waals surface area (Å²) in [5, 5.41) is 12.0. The molecule has 1 heterocycles. The minimum absolute atomic E-state index is 0.0405. The van der Waals surface area contributed by atoms with E-state index in [0.29, 0.717) is 21.3 Å². The van der Waals surface area contributed by atoms with Crippen LogP contribution in [0.2, 0.25) is 5.02 Å². The van der Waals surface area contributed by atoms with Crippen LogP contribution in [0.1, 0.15) is 5.69 Å². The maximum atomic E-state index is 12.9. The van der Waals surface area contributed by atoms with Crippen LogP contribution in [-0.4, -0.2) is 37.7 Å². The van der Waals surface area contributed by atoms with Crippen molar-refractivity contribution in [2.45, 2.75) is 4.90 Å². The van der Waals surface area contributed by atoms with Crippen LogP contribution < -0.4 is 10.0 Å². The summed E-state index contributed by atoms with van der Waals surface area (Å²) in [7, 11) is -14.1. The molecule has 7 nitrogen and oxygen atoms in total. The summed E-state index contributed by atoms with van der Waals surface area (Å²) >= 11 is 5.70. The molecule has 1 aromatic carbocycles. The van der Waals surface area contributed by atoms with Crippen molar-refractivity contribution < 1.29 is 32.2 Å². The van der Waals surface area contributed by atoms with Gasteiger partial charge in [0.15, 0.2) is 11.5 Å². The van der Waals surface area contributed by atoms with Gasteiger partial charge in [-0.2, -0.15) is 10.4 Å². The maximum absolute atomic E-state index is 12.9. The van der Waals surface area contributed by atoms with Crippen molar-refractivity contribution in [3.63, 3.8) is 0 Å². The molecule has 2 N–H and O–H groups in total. The SMILES string of the molecule is CS(=O)(=O)N(CCF)c1c(C#N)nn(-c2ccc(S(F)(F)(F)(F)F)cc2Cl)c1N. The third-order valence-electron chi connectivity index (χ3n) is 3.53. The monoisotopic (exact) mass is 483 g/mol. The van der Waals surface area contributed by atoms with Gasteiger partial charge in [0, 0.05) is 0 Å². The Morgan fingerprint density at radius 1 is 1.31 bits per heavy atom. The summed E-state index contributed by atoms with van der Waals surface area (Å²) in [4.78, 5) is -2.26. The molecule has 2 rings (SSSR count). The molecule has 162 valence electrons. The molecule has 2 aromatic rings. The van der Waals surface area contributed by atoms with Gasteiger partial charge in [-0.15, -0.1) is 0 Å². The molecule has 0 radical (unpaired) electrons. The first-order valence-electron chi connectivity index (χ1n) is 7.27. The summed E-state index contributed by atoms with van der Waals surface area (Å²) in [6, 6.07) is 2.07. The van der Waals surface area contributed by atoms with E-state index in [1.807, 2.05) is 0 Å². The lowest BCUT2D eigenvalue weighted by Gasteiger charge is -2.40. The lowest BCUT2D eigenvalue weighted by molar-refractivity contribution is 0.364. The third kappa shape index (κ3) is 4.65. The predicted octanol–water partition coefficient (Wildman–Crippen LogP) is 4.37. The molecule has 0 aliphatic carbocycles. The number of benzene rings is 1. The smallest absolute Gasteiger partial charge is 0.310 e. The van der Waals surface area contributed by atoms with Gasteiger partial charge in [-0.3, -0.25) is 4.31 Å². The van der Waals surface area contributed by atoms with Crippen molar-refractivity contribution in [2.75, 3.05) is 29.5 Å². The Morgan fingerprint density at radius 2 is 1.90 bits per heavy atom. The van der Waals surface area contributed by atoms with Gasteiger partial charge in [-0.25, -0.2) is 17.5 Å². The highest BCUT2D eigenvalue weighted by Crippen LogP contribution is 3.02. The highest BCUT2D eigenvalue weighted by molar-refractivity contribution is 8.45. The van der Waals surface area contributed by atoms with E-state index < -0.39 is 66.3 Å². The van der Waals surface area contributed by atoms with Crippen molar-refractivity contribution in [3.05, 3.63) is 28.9 Å². The molecule has 1 aromatic heterocycles. The van der Waals surface area contributed by atoms with E-state index in [0.717, 1.165) is 0 Å². The van der Waals surface area contributed by atoms with Gasteiger partial charge >= 0.3 is 10.2 Å². The first-order valence-corrected chi connectivity index (χ1v) is 11.4. The number of aromatic nitrogens is 2. The zero-order valence-corrected chi connectivity index (χ0v) is 16.7. The number of halogens is 7. The van der Waals surface area contributed by atoms with E-state index >= 15 is 0 Å². The van der Waals surface area contributed by atoms with E-state index in [-0.39, 0.29) is 12.1 Å². The molecule has 29 heavy (non-hydrogen) atoms. The van der Waals surface area contributed by atoms with Crippen LogP contribution in [0, 0.1) is 11.3 Å². The quantitative estimate of drug-likeness (QED) is 0.614. The number of rotatable bonds is 6. The summed E-state index contributed by atoms with van der Waals surface area (Å²) in [5.41, 5.74) is 4.21. The number of anilines is 2. The Labute approximate surface area is 166 Å². The fraction of sp³-hybridized carbons (Fsp3) is 0.231. The van der Waals surface area contributed by atoms with E-state index in [4.69, 9.17) is 17.3 Å². The Balaban J connectivity index is 2.74. The van der Waals surface area contributed by atoms with Crippen LogP contribution in [0.25, 0.3) is 5.69 Å². The van der Waals surface area contributed by atoms with Crippen molar-refractivity contribution in [1.82, 2.24) is 9.78 Å². The second-order valence-corrected chi connectivity index (χ2v) is 10.4. The molecule has 0 aliphatic rings. The Kier molecular flexibility index (Phi) is 5.02. The number of sulfonamides is 1. The largest absolute Gasteiger partial charge is 0.382 e. The van der Waals surface area contributed by atoms with Crippen molar-refractivity contribution in [3.8, 4) is 11.8 Å². The highest BCUT2D eigenvalue weighted by atomic mass is 35.5. The predicted molar refractivity (Wildman–Crippen MR) is 97.3 cm³/mol. The van der Waals surface area contributed by atoms with Gasteiger partial charge in [-0.1, -0.05) is 31.0 Å². The van der Waals surface area contributed by atoms with E-state index in [1.165, 1.54) is 6.07 Å². The van der Waals surface area contributed by atoms with Gasteiger partial charge in [0.05, 0.1) is 23.5 Å². The molecule has 0 unspecified atom stereocenters. The van der Waals surface area contributed by atoms with Crippen LogP contribution in [0.15, 0.2) is 23.1 Å². The number of nitrogens with zero attached hydrogens (tertiary/aromatic N) is 4. The van der Waals surface area contributed by atoms with E-state index in [9.17, 15) is 37.5 Å². The standard InChI is InChI=1S/C13H12ClF6N5O2S2/c1-28(26,27)24(5-4-15)12-10(7-21)23-25(13(12)22)11-3-2-8(6-9(11)14)29(16,17,18,19)20/h2-3,6H,4-5,22H2,1H3. The second kappa shape index (κ2) is 6.34. The normalized spacial score (nSPS) is 14.7. The van der Waals surface area contributed by atoms with Gasteiger partial charge in [-0.05, 0) is 18.2 Å². The first-order chi connectivity index (χ1) is 12.9. The molecule has 0 fully saturated rings. The maximum Gasteiger partial charge on any atom is 0.310 e. The number of hydrogen-bond acceptors (Lipinski definition) is 5. The molecular formula is C13H12ClF6N5O2S2. The Bertz CT molecular complexity index is 1130. The van der Waals surface area contributed by atoms with Crippen LogP contribution in [-0.2, 0) is 10.0 Å². The summed E-state index contributed by atoms with van der Waals surface area (Å²) < 4.78 is 102. The van der Waals surface area contributed by atoms with Crippen LogP contribution in [0.4, 0.5) is 35.3 Å². The third-order valence-corrected chi connectivity index (χ3v) is 6.14. The fourth-order valence-corrected chi connectivity index (χ4v) is 4.25. The fourth-order valence-electron chi connectivity index (χ4n) is 2.35. The van der Waals surface area contributed by atoms with Crippen LogP contribution >= 0.6 is 21.8 Å². The number of nitrogen functional groups attached to an aromatic ring is 1. The van der Waals surface area contributed by atoms with Crippen LogP contribution in [0.3, 0.4) is 0 Å². The molecular weight excluding hydrogens is 472 g/mol. The van der Waals surface area contributed by atoms with Crippen molar-refractivity contribution in [2.24, 2.45) is 0 Å². The number of alkyl halides is 1. The number of hydrogen-bond donors (Lipinski definition) is 1. The topological polar surface area (TPSA) is 105 Å². The zero-order chi connectivity index (χ0) is 22.5. The second-order valence-electron chi connectivity index (χ2n) is 5.71. The number of nitriles is 1. The lowest BCUT2D eigenvalue weighted by atomic mass is 10.3. The minimum atomic E-state index is -10.0. The molecule has 0 saturated carbocycles. The van der Waals surface area contributed by atoms with Gasteiger partial charge in [0.2, 0.25) is 10.0 Å². The Morgan fingerprint density at radius 3 is 2.31 bits per heavy atom. The molecule has 0 saturated heterocycles. The zero-order valence-electron chi connectivity index (χ0n) is 14.3. The molecule has 16 heteroatoms. The minimum Gasteiger partial charge on any atom is -0.382 e. The summed E-state index contributed by atoms with van der Waals surface area (Å²) in [6.45, 7) is -1.87. The summed E-state index contributed by atoms with van der Waals surface area (Å²) in [6.07, 6.45) is 0.705. The van der Waals surface area contributed by atoms with Gasteiger partial charge in [0.1, 0.15) is 23.3 Å². The molecule has 0 bridgehead atoms. The van der Waals surface area contributed by atoms with Crippen molar-refractivity contribution >= 4 is 43.4 Å². The first kappa shape index (κ1) is 23.0. The van der Waals surface area contributed by atoms with E-state index in [2.05, 4.69) is 5.10 Å². The molecule has 0 amide bonds. The van der Waals surface area contributed by atoms with E-state index in [1.54, 1.807) is 0 Å². The van der Waals surface area contributed by atoms with Gasteiger partial charge < -0.3 is 5.73 Å². The van der Waals surface area contributed by atoms with Crippen molar-refractivity contribution in [1.29, 1.82) is 5.26 Å². The highest BCUT2D eigenvalue weighted by Gasteiger charge is 2.65. The Hall–Kier alpha value is -2.31.